The molecule has 0 aliphatic carbocycles. The van der Waals surface area contributed by atoms with Crippen LogP contribution in [0.5, 0.6) is 0 Å². The molecule has 0 fully saturated rings. The van der Waals surface area contributed by atoms with Crippen molar-refractivity contribution in [2.75, 3.05) is 18.5 Å². The van der Waals surface area contributed by atoms with Gasteiger partial charge in [-0.2, -0.15) is 0 Å². The first-order valence-electron chi connectivity index (χ1n) is 6.84. The summed E-state index contributed by atoms with van der Waals surface area (Å²) in [4.78, 5) is 22.3. The fourth-order valence-corrected chi connectivity index (χ4v) is 1.83. The molecular weight excluding hydrogens is 274 g/mol. The normalized spacial score (nSPS) is 12.0. The number of carbonyl (C=O) groups is 1. The van der Waals surface area contributed by atoms with E-state index in [1.807, 2.05) is 13.8 Å². The summed E-state index contributed by atoms with van der Waals surface area (Å²) in [6.07, 6.45) is 0. The van der Waals surface area contributed by atoms with Crippen molar-refractivity contribution in [1.29, 1.82) is 0 Å². The molecule has 3 N–H and O–H groups in total. The van der Waals surface area contributed by atoms with Crippen LogP contribution in [0.25, 0.3) is 0 Å². The van der Waals surface area contributed by atoms with Crippen molar-refractivity contribution in [2.24, 2.45) is 5.92 Å². The standard InChI is InChI=1S/C14H21N3O4/c1-4-15-14(19)10-5-6-11(13(7-10)17(20)21)16-12(8-18)9(2)3/h5-7,9,12,16,18H,4,8H2,1-3H3,(H,15,19)/t12-/m1/s1. The van der Waals surface area contributed by atoms with Crippen LogP contribution in [-0.4, -0.2) is 35.1 Å². The van der Waals surface area contributed by atoms with Gasteiger partial charge < -0.3 is 15.7 Å². The molecule has 0 aliphatic rings. The van der Waals surface area contributed by atoms with Gasteiger partial charge in [-0.1, -0.05) is 13.8 Å². The minimum atomic E-state index is -0.542. The van der Waals surface area contributed by atoms with E-state index in [-0.39, 0.29) is 35.7 Å². The maximum Gasteiger partial charge on any atom is 0.293 e. The van der Waals surface area contributed by atoms with Gasteiger partial charge in [-0.05, 0) is 25.0 Å². The molecule has 1 rings (SSSR count). The van der Waals surface area contributed by atoms with Crippen LogP contribution in [0.15, 0.2) is 18.2 Å². The number of hydrogen-bond donors (Lipinski definition) is 3. The third-order valence-electron chi connectivity index (χ3n) is 3.14. The quantitative estimate of drug-likeness (QED) is 0.525. The minimum Gasteiger partial charge on any atom is -0.394 e. The van der Waals surface area contributed by atoms with Gasteiger partial charge in [0.05, 0.1) is 17.6 Å². The molecule has 0 unspecified atom stereocenters. The number of nitrogens with one attached hydrogen (secondary N) is 2. The van der Waals surface area contributed by atoms with Crippen LogP contribution in [0, 0.1) is 16.0 Å². The highest BCUT2D eigenvalue weighted by molar-refractivity contribution is 5.95. The predicted molar refractivity (Wildman–Crippen MR) is 80.4 cm³/mol. The Hall–Kier alpha value is -2.15. The number of nitro groups is 1. The maximum atomic E-state index is 11.7. The van der Waals surface area contributed by atoms with Crippen LogP contribution in [-0.2, 0) is 0 Å². The average molecular weight is 295 g/mol. The number of aliphatic hydroxyl groups is 1. The van der Waals surface area contributed by atoms with Gasteiger partial charge in [-0.15, -0.1) is 0 Å². The van der Waals surface area contributed by atoms with Gasteiger partial charge >= 0.3 is 0 Å². The number of hydrogen-bond acceptors (Lipinski definition) is 5. The Bertz CT molecular complexity index is 517. The van der Waals surface area contributed by atoms with Crippen molar-refractivity contribution < 1.29 is 14.8 Å². The molecule has 116 valence electrons. The van der Waals surface area contributed by atoms with Crippen LogP contribution in [0.2, 0.25) is 0 Å². The molecule has 0 bridgehead atoms. The minimum absolute atomic E-state index is 0.109. The lowest BCUT2D eigenvalue weighted by atomic mass is 10.0. The lowest BCUT2D eigenvalue weighted by Gasteiger charge is -2.21. The van der Waals surface area contributed by atoms with Crippen LogP contribution in [0.4, 0.5) is 11.4 Å². The number of carbonyl (C=O) groups excluding carboxylic acids is 1. The second-order valence-corrected chi connectivity index (χ2v) is 5.03. The smallest absolute Gasteiger partial charge is 0.293 e. The zero-order valence-electron chi connectivity index (χ0n) is 12.4. The Morgan fingerprint density at radius 3 is 2.57 bits per heavy atom. The number of aliphatic hydroxyl groups excluding tert-OH is 1. The summed E-state index contributed by atoms with van der Waals surface area (Å²) in [6.45, 7) is 5.90. The largest absolute Gasteiger partial charge is 0.394 e. The molecular formula is C14H21N3O4. The molecule has 0 aromatic heterocycles. The van der Waals surface area contributed by atoms with E-state index >= 15 is 0 Å². The van der Waals surface area contributed by atoms with E-state index in [0.717, 1.165) is 0 Å². The van der Waals surface area contributed by atoms with E-state index in [4.69, 9.17) is 0 Å². The second kappa shape index (κ2) is 7.58. The summed E-state index contributed by atoms with van der Waals surface area (Å²) in [7, 11) is 0. The molecule has 1 amide bonds. The molecule has 1 aromatic carbocycles. The van der Waals surface area contributed by atoms with Gasteiger partial charge in [0, 0.05) is 18.2 Å². The molecule has 1 atom stereocenters. The topological polar surface area (TPSA) is 104 Å². The van der Waals surface area contributed by atoms with Crippen LogP contribution in [0.3, 0.4) is 0 Å². The zero-order chi connectivity index (χ0) is 16.0. The average Bonchev–Trinajstić information content (AvgIpc) is 2.44. The van der Waals surface area contributed by atoms with E-state index in [2.05, 4.69) is 10.6 Å². The number of nitro benzene ring substituents is 1. The molecule has 0 saturated heterocycles. The monoisotopic (exact) mass is 295 g/mol. The summed E-state index contributed by atoms with van der Waals surface area (Å²) in [5.74, 6) is -0.243. The molecule has 0 saturated carbocycles. The number of nitrogens with zero attached hydrogens (tertiary/aromatic N) is 1. The zero-order valence-corrected chi connectivity index (χ0v) is 12.4. The number of amides is 1. The third-order valence-corrected chi connectivity index (χ3v) is 3.14. The van der Waals surface area contributed by atoms with Crippen LogP contribution >= 0.6 is 0 Å². The highest BCUT2D eigenvalue weighted by atomic mass is 16.6. The Morgan fingerprint density at radius 2 is 2.10 bits per heavy atom. The van der Waals surface area contributed by atoms with E-state index in [1.165, 1.54) is 18.2 Å². The molecule has 0 spiro atoms. The number of anilines is 1. The lowest BCUT2D eigenvalue weighted by molar-refractivity contribution is -0.384. The second-order valence-electron chi connectivity index (χ2n) is 5.03. The molecule has 0 heterocycles. The fraction of sp³-hybridized carbons (Fsp3) is 0.500. The Labute approximate surface area is 123 Å². The Kier molecular flexibility index (Phi) is 6.10. The van der Waals surface area contributed by atoms with Gasteiger partial charge in [-0.3, -0.25) is 14.9 Å². The first kappa shape index (κ1) is 16.9. The molecule has 21 heavy (non-hydrogen) atoms. The molecule has 0 radical (unpaired) electrons. The summed E-state index contributed by atoms with van der Waals surface area (Å²) in [5, 5.41) is 26.0. The van der Waals surface area contributed by atoms with E-state index < -0.39 is 4.92 Å². The van der Waals surface area contributed by atoms with Crippen LogP contribution in [0.1, 0.15) is 31.1 Å². The van der Waals surface area contributed by atoms with E-state index in [0.29, 0.717) is 12.2 Å². The van der Waals surface area contributed by atoms with Crippen molar-refractivity contribution in [3.63, 3.8) is 0 Å². The van der Waals surface area contributed by atoms with Crippen molar-refractivity contribution in [1.82, 2.24) is 5.32 Å². The van der Waals surface area contributed by atoms with Crippen molar-refractivity contribution >= 4 is 17.3 Å². The third kappa shape index (κ3) is 4.42. The fourth-order valence-electron chi connectivity index (χ4n) is 1.83. The molecule has 1 aromatic rings. The SMILES string of the molecule is CCNC(=O)c1ccc(N[C@H](CO)C(C)C)c([N+](=O)[O-])c1. The van der Waals surface area contributed by atoms with Crippen molar-refractivity contribution in [3.8, 4) is 0 Å². The number of benzene rings is 1. The van der Waals surface area contributed by atoms with Gasteiger partial charge in [0.25, 0.3) is 11.6 Å². The maximum absolute atomic E-state index is 11.7. The molecule has 7 heteroatoms. The first-order valence-corrected chi connectivity index (χ1v) is 6.84. The van der Waals surface area contributed by atoms with E-state index in [9.17, 15) is 20.0 Å². The van der Waals surface area contributed by atoms with E-state index in [1.54, 1.807) is 6.92 Å². The van der Waals surface area contributed by atoms with Crippen molar-refractivity contribution in [2.45, 2.75) is 26.8 Å². The van der Waals surface area contributed by atoms with Gasteiger partial charge in [-0.25, -0.2) is 0 Å². The first-order chi connectivity index (χ1) is 9.90. The van der Waals surface area contributed by atoms with Crippen LogP contribution < -0.4 is 10.6 Å². The Balaban J connectivity index is 3.10. The summed E-state index contributed by atoms with van der Waals surface area (Å²) in [6, 6.07) is 3.96. The number of rotatable bonds is 7. The van der Waals surface area contributed by atoms with Gasteiger partial charge in [0.1, 0.15) is 5.69 Å². The summed E-state index contributed by atoms with van der Waals surface area (Å²) in [5.41, 5.74) is 0.345. The van der Waals surface area contributed by atoms with Crippen molar-refractivity contribution in [3.05, 3.63) is 33.9 Å². The summed E-state index contributed by atoms with van der Waals surface area (Å²) >= 11 is 0. The predicted octanol–water partition coefficient (Wildman–Crippen LogP) is 1.77. The molecule has 0 aliphatic heterocycles. The Morgan fingerprint density at radius 1 is 1.43 bits per heavy atom. The van der Waals surface area contributed by atoms with Gasteiger partial charge in [0.15, 0.2) is 0 Å². The summed E-state index contributed by atoms with van der Waals surface area (Å²) < 4.78 is 0. The lowest BCUT2D eigenvalue weighted by Crippen LogP contribution is -2.30. The highest BCUT2D eigenvalue weighted by Crippen LogP contribution is 2.27. The highest BCUT2D eigenvalue weighted by Gasteiger charge is 2.21. The van der Waals surface area contributed by atoms with Gasteiger partial charge in [0.2, 0.25) is 0 Å². The molecule has 7 nitrogen and oxygen atoms in total.